The lowest BCUT2D eigenvalue weighted by molar-refractivity contribution is -0.0408. The number of rotatable bonds is 8. The SMILES string of the molecule is OCC(CO)(COc1c(Br)cc(Br)cc1Br)C(Br)(Br)Oc1ccc(Br)c(Br)c1Br. The summed E-state index contributed by atoms with van der Waals surface area (Å²) in [6.07, 6.45) is 0. The number of aliphatic hydroxyl groups is 2. The van der Waals surface area contributed by atoms with Crippen LogP contribution in [0.25, 0.3) is 0 Å². The van der Waals surface area contributed by atoms with Gasteiger partial charge in [-0.25, -0.2) is 0 Å². The maximum absolute atomic E-state index is 10.2. The Morgan fingerprint density at radius 1 is 0.793 bits per heavy atom. The molecule has 12 heteroatoms. The summed E-state index contributed by atoms with van der Waals surface area (Å²) >= 11 is 27.7. The number of hydrogen-bond acceptors (Lipinski definition) is 4. The number of aliphatic hydroxyl groups excluding tert-OH is 2. The molecule has 0 aliphatic carbocycles. The van der Waals surface area contributed by atoms with Crippen LogP contribution in [0.2, 0.25) is 0 Å². The lowest BCUT2D eigenvalue weighted by Gasteiger charge is -2.40. The lowest BCUT2D eigenvalue weighted by Crippen LogP contribution is -2.52. The van der Waals surface area contributed by atoms with Gasteiger partial charge in [0.05, 0.1) is 26.6 Å². The second kappa shape index (κ2) is 11.3. The summed E-state index contributed by atoms with van der Waals surface area (Å²) in [6, 6.07) is 7.23. The smallest absolute Gasteiger partial charge is 0.231 e. The van der Waals surface area contributed by atoms with Gasteiger partial charge in [-0.05, 0) is 136 Å². The molecule has 0 aromatic heterocycles. The largest absolute Gasteiger partial charge is 0.490 e. The first-order valence-corrected chi connectivity index (χ1v) is 14.0. The summed E-state index contributed by atoms with van der Waals surface area (Å²) in [4.78, 5) is 0. The van der Waals surface area contributed by atoms with E-state index in [0.29, 0.717) is 24.9 Å². The number of benzene rings is 2. The van der Waals surface area contributed by atoms with Gasteiger partial charge in [0.2, 0.25) is 3.42 Å². The lowest BCUT2D eigenvalue weighted by atomic mass is 9.92. The molecule has 29 heavy (non-hydrogen) atoms. The Kier molecular flexibility index (Phi) is 10.5. The highest BCUT2D eigenvalue weighted by Gasteiger charge is 2.52. The number of ether oxygens (including phenoxy) is 2. The molecule has 0 amide bonds. The normalized spacial score (nSPS) is 12.2. The zero-order chi connectivity index (χ0) is 22.0. The topological polar surface area (TPSA) is 58.9 Å². The summed E-state index contributed by atoms with van der Waals surface area (Å²) in [5.41, 5.74) is -1.25. The van der Waals surface area contributed by atoms with Crippen LogP contribution in [0.3, 0.4) is 0 Å². The van der Waals surface area contributed by atoms with Crippen molar-refractivity contribution in [3.8, 4) is 11.5 Å². The van der Waals surface area contributed by atoms with Crippen molar-refractivity contribution in [2.24, 2.45) is 5.41 Å². The maximum Gasteiger partial charge on any atom is 0.231 e. The average Bonchev–Trinajstić information content (AvgIpc) is 2.64. The van der Waals surface area contributed by atoms with Gasteiger partial charge < -0.3 is 19.7 Å². The van der Waals surface area contributed by atoms with Crippen molar-refractivity contribution in [1.29, 1.82) is 0 Å². The molecule has 0 heterocycles. The molecular formula is C17H12Br8O4. The minimum atomic E-state index is -1.35. The van der Waals surface area contributed by atoms with Crippen molar-refractivity contribution in [1.82, 2.24) is 0 Å². The highest BCUT2D eigenvalue weighted by atomic mass is 79.9. The molecule has 2 rings (SSSR count). The van der Waals surface area contributed by atoms with Crippen LogP contribution in [-0.2, 0) is 0 Å². The third-order valence-corrected chi connectivity index (χ3v) is 10.9. The van der Waals surface area contributed by atoms with Crippen LogP contribution in [0.1, 0.15) is 0 Å². The van der Waals surface area contributed by atoms with Gasteiger partial charge in [-0.2, -0.15) is 0 Å². The Balaban J connectivity index is 2.34. The molecule has 2 N–H and O–H groups in total. The van der Waals surface area contributed by atoms with Crippen molar-refractivity contribution in [2.75, 3.05) is 19.8 Å². The highest BCUT2D eigenvalue weighted by Crippen LogP contribution is 2.49. The molecule has 0 fully saturated rings. The zero-order valence-corrected chi connectivity index (χ0v) is 26.9. The van der Waals surface area contributed by atoms with Crippen LogP contribution in [0, 0.1) is 5.41 Å². The fraction of sp³-hybridized carbons (Fsp3) is 0.294. The van der Waals surface area contributed by atoms with Crippen LogP contribution >= 0.6 is 127 Å². The molecule has 0 bridgehead atoms. The molecule has 4 nitrogen and oxygen atoms in total. The molecule has 2 aromatic rings. The van der Waals surface area contributed by atoms with E-state index in [0.717, 1.165) is 13.4 Å². The van der Waals surface area contributed by atoms with E-state index in [1.807, 2.05) is 18.2 Å². The number of halogens is 8. The van der Waals surface area contributed by atoms with Crippen molar-refractivity contribution >= 4 is 127 Å². The van der Waals surface area contributed by atoms with Crippen molar-refractivity contribution < 1.29 is 19.7 Å². The van der Waals surface area contributed by atoms with Crippen molar-refractivity contribution in [3.63, 3.8) is 0 Å². The fourth-order valence-electron chi connectivity index (χ4n) is 2.12. The second-order valence-corrected chi connectivity index (χ2v) is 14.2. The third kappa shape index (κ3) is 6.23. The van der Waals surface area contributed by atoms with E-state index in [2.05, 4.69) is 127 Å². The Morgan fingerprint density at radius 2 is 1.34 bits per heavy atom. The molecule has 0 radical (unpaired) electrons. The van der Waals surface area contributed by atoms with Gasteiger partial charge in [-0.1, -0.05) is 15.9 Å². The van der Waals surface area contributed by atoms with E-state index in [-0.39, 0.29) is 6.61 Å². The van der Waals surface area contributed by atoms with Crippen LogP contribution in [-0.4, -0.2) is 33.5 Å². The molecule has 0 unspecified atom stereocenters. The van der Waals surface area contributed by atoms with Gasteiger partial charge in [-0.15, -0.1) is 0 Å². The van der Waals surface area contributed by atoms with E-state index in [1.165, 1.54) is 0 Å². The first kappa shape index (κ1) is 27.0. The van der Waals surface area contributed by atoms with Gasteiger partial charge in [0.1, 0.15) is 23.5 Å². The number of alkyl halides is 2. The second-order valence-electron chi connectivity index (χ2n) is 5.88. The van der Waals surface area contributed by atoms with E-state index < -0.39 is 22.0 Å². The highest BCUT2D eigenvalue weighted by molar-refractivity contribution is 9.25. The molecular weight excluding hydrogens is 907 g/mol. The van der Waals surface area contributed by atoms with Crippen LogP contribution in [0.15, 0.2) is 51.1 Å². The zero-order valence-electron chi connectivity index (χ0n) is 14.2. The van der Waals surface area contributed by atoms with Crippen molar-refractivity contribution in [3.05, 3.63) is 51.1 Å². The Hall–Kier alpha value is 1.80. The quantitative estimate of drug-likeness (QED) is 0.208. The number of hydrogen-bond donors (Lipinski definition) is 2. The van der Waals surface area contributed by atoms with Gasteiger partial charge >= 0.3 is 0 Å². The standard InChI is InChI=1S/C17H12Br8O4/c18-8-3-10(20)15(11(21)4-8)28-7-16(5-26,6-27)17(24,25)29-12-2-1-9(19)13(22)14(12)23/h1-4,26-27H,5-7H2. The summed E-state index contributed by atoms with van der Waals surface area (Å²) in [6.45, 7) is -0.924. The molecule has 160 valence electrons. The molecule has 0 saturated carbocycles. The summed E-state index contributed by atoms with van der Waals surface area (Å²) < 4.78 is 15.3. The van der Waals surface area contributed by atoms with Crippen LogP contribution in [0.5, 0.6) is 11.5 Å². The average molecular weight is 920 g/mol. The first-order chi connectivity index (χ1) is 13.5. The first-order valence-electron chi connectivity index (χ1n) is 7.67. The van der Waals surface area contributed by atoms with E-state index in [9.17, 15) is 10.2 Å². The predicted octanol–water partition coefficient (Wildman–Crippen LogP) is 8.13. The van der Waals surface area contributed by atoms with Crippen LogP contribution < -0.4 is 9.47 Å². The van der Waals surface area contributed by atoms with Crippen LogP contribution in [0.4, 0.5) is 0 Å². The Labute approximate surface area is 235 Å². The Bertz CT molecular complexity index is 863. The molecule has 0 spiro atoms. The Morgan fingerprint density at radius 3 is 1.86 bits per heavy atom. The van der Waals surface area contributed by atoms with E-state index in [4.69, 9.17) is 9.47 Å². The minimum absolute atomic E-state index is 0.0648. The molecule has 0 saturated heterocycles. The van der Waals surface area contributed by atoms with Gasteiger partial charge in [0.15, 0.2) is 0 Å². The van der Waals surface area contributed by atoms with E-state index >= 15 is 0 Å². The molecule has 0 aliphatic heterocycles. The maximum atomic E-state index is 10.2. The predicted molar refractivity (Wildman–Crippen MR) is 142 cm³/mol. The molecule has 0 aliphatic rings. The summed E-state index contributed by atoms with van der Waals surface area (Å²) in [7, 11) is 0. The van der Waals surface area contributed by atoms with E-state index in [1.54, 1.807) is 6.07 Å². The summed E-state index contributed by atoms with van der Waals surface area (Å²) in [5, 5.41) is 20.4. The van der Waals surface area contributed by atoms with Gasteiger partial charge in [-0.3, -0.25) is 0 Å². The van der Waals surface area contributed by atoms with Crippen molar-refractivity contribution in [2.45, 2.75) is 3.42 Å². The van der Waals surface area contributed by atoms with Gasteiger partial charge in [0, 0.05) is 13.4 Å². The fourth-order valence-corrected chi connectivity index (χ4v) is 7.04. The monoisotopic (exact) mass is 911 g/mol. The molecule has 2 aromatic carbocycles. The summed E-state index contributed by atoms with van der Waals surface area (Å²) in [5.74, 6) is 1.01. The molecule has 0 atom stereocenters. The third-order valence-electron chi connectivity index (χ3n) is 3.92. The minimum Gasteiger partial charge on any atom is -0.490 e. The van der Waals surface area contributed by atoms with Gasteiger partial charge in [0.25, 0.3) is 0 Å².